The van der Waals surface area contributed by atoms with Crippen molar-refractivity contribution in [2.24, 2.45) is 0 Å². The molecule has 0 spiro atoms. The fourth-order valence-electron chi connectivity index (χ4n) is 1.52. The van der Waals surface area contributed by atoms with Crippen LogP contribution < -0.4 is 9.47 Å². The van der Waals surface area contributed by atoms with Crippen molar-refractivity contribution in [3.8, 4) is 11.5 Å². The van der Waals surface area contributed by atoms with Gasteiger partial charge in [-0.1, -0.05) is 51.3 Å². The fourth-order valence-corrected chi connectivity index (χ4v) is 1.52. The van der Waals surface area contributed by atoms with Gasteiger partial charge in [-0.05, 0) is 24.6 Å². The van der Waals surface area contributed by atoms with E-state index in [1.165, 1.54) is 19.3 Å². The minimum atomic E-state index is 0.328. The largest absolute Gasteiger partial charge is 0.454 e. The molecule has 2 nitrogen and oxygen atoms in total. The number of hydrogen-bond donors (Lipinski definition) is 0. The summed E-state index contributed by atoms with van der Waals surface area (Å²) in [6, 6.07) is 5.84. The van der Waals surface area contributed by atoms with Gasteiger partial charge in [-0.3, -0.25) is 0 Å². The standard InChI is InChI=1S/C10H10O2.C5H12/c1-7(2)8-3-4-9-10(5-8)12-6-11-9;1-3-5-4-2/h3-5H,1,6H2,2H3;3-5H2,1-2H3. The lowest BCUT2D eigenvalue weighted by atomic mass is 10.1. The Morgan fingerprint density at radius 3 is 2.35 bits per heavy atom. The van der Waals surface area contributed by atoms with E-state index in [9.17, 15) is 0 Å². The molecule has 0 N–H and O–H groups in total. The van der Waals surface area contributed by atoms with Crippen molar-refractivity contribution in [1.29, 1.82) is 0 Å². The molecule has 0 amide bonds. The molecule has 0 aliphatic carbocycles. The molecule has 0 atom stereocenters. The Morgan fingerprint density at radius 2 is 1.82 bits per heavy atom. The lowest BCUT2D eigenvalue weighted by Gasteiger charge is -2.00. The molecule has 1 aromatic carbocycles. The molecule has 2 rings (SSSR count). The van der Waals surface area contributed by atoms with Gasteiger partial charge in [-0.25, -0.2) is 0 Å². The topological polar surface area (TPSA) is 18.5 Å². The zero-order chi connectivity index (χ0) is 12.7. The van der Waals surface area contributed by atoms with E-state index in [1.54, 1.807) is 0 Å². The molecule has 0 bridgehead atoms. The molecule has 1 aliphatic rings. The number of unbranched alkanes of at least 4 members (excludes halogenated alkanes) is 2. The molecule has 0 saturated heterocycles. The van der Waals surface area contributed by atoms with Gasteiger partial charge in [0.25, 0.3) is 0 Å². The summed E-state index contributed by atoms with van der Waals surface area (Å²) >= 11 is 0. The Balaban J connectivity index is 0.000000249. The van der Waals surface area contributed by atoms with Gasteiger partial charge >= 0.3 is 0 Å². The zero-order valence-corrected chi connectivity index (χ0v) is 11.1. The molecule has 0 fully saturated rings. The monoisotopic (exact) mass is 234 g/mol. The highest BCUT2D eigenvalue weighted by Gasteiger charge is 2.12. The summed E-state index contributed by atoms with van der Waals surface area (Å²) < 4.78 is 10.4. The Kier molecular flexibility index (Phi) is 5.61. The third-order valence-corrected chi connectivity index (χ3v) is 2.57. The molecule has 1 heterocycles. The summed E-state index contributed by atoms with van der Waals surface area (Å²) in [4.78, 5) is 0. The van der Waals surface area contributed by atoms with Crippen LogP contribution in [-0.2, 0) is 0 Å². The lowest BCUT2D eigenvalue weighted by molar-refractivity contribution is 0.174. The first-order chi connectivity index (χ1) is 8.19. The van der Waals surface area contributed by atoms with Crippen molar-refractivity contribution >= 4 is 5.57 Å². The molecule has 94 valence electrons. The van der Waals surface area contributed by atoms with Gasteiger partial charge in [-0.2, -0.15) is 0 Å². The van der Waals surface area contributed by atoms with E-state index in [-0.39, 0.29) is 0 Å². The van der Waals surface area contributed by atoms with Crippen molar-refractivity contribution in [3.63, 3.8) is 0 Å². The normalized spacial score (nSPS) is 11.7. The number of benzene rings is 1. The van der Waals surface area contributed by atoms with Gasteiger partial charge in [0.1, 0.15) is 0 Å². The van der Waals surface area contributed by atoms with Gasteiger partial charge in [-0.15, -0.1) is 0 Å². The SMILES string of the molecule is C=C(C)c1ccc2c(c1)OCO2.CCCCC. The van der Waals surface area contributed by atoms with Crippen molar-refractivity contribution in [2.45, 2.75) is 40.0 Å². The van der Waals surface area contributed by atoms with E-state index in [2.05, 4.69) is 20.4 Å². The maximum absolute atomic E-state index is 5.23. The van der Waals surface area contributed by atoms with E-state index in [1.807, 2.05) is 25.1 Å². The molecule has 0 saturated carbocycles. The van der Waals surface area contributed by atoms with Crippen molar-refractivity contribution in [1.82, 2.24) is 0 Å². The number of fused-ring (bicyclic) bond motifs is 1. The number of ether oxygens (including phenoxy) is 2. The smallest absolute Gasteiger partial charge is 0.231 e. The van der Waals surface area contributed by atoms with E-state index in [0.717, 1.165) is 22.6 Å². The predicted octanol–water partition coefficient (Wildman–Crippen LogP) is 4.64. The van der Waals surface area contributed by atoms with Crippen LogP contribution in [0.15, 0.2) is 24.8 Å². The third-order valence-electron chi connectivity index (χ3n) is 2.57. The van der Waals surface area contributed by atoms with Crippen LogP contribution in [0.3, 0.4) is 0 Å². The van der Waals surface area contributed by atoms with E-state index in [0.29, 0.717) is 6.79 Å². The Morgan fingerprint density at radius 1 is 1.18 bits per heavy atom. The first kappa shape index (κ1) is 13.6. The van der Waals surface area contributed by atoms with Gasteiger partial charge in [0.2, 0.25) is 6.79 Å². The van der Waals surface area contributed by atoms with Crippen molar-refractivity contribution < 1.29 is 9.47 Å². The summed E-state index contributed by atoms with van der Waals surface area (Å²) in [5.74, 6) is 1.63. The molecular weight excluding hydrogens is 212 g/mol. The highest BCUT2D eigenvalue weighted by Crippen LogP contribution is 2.33. The quantitative estimate of drug-likeness (QED) is 0.758. The van der Waals surface area contributed by atoms with Crippen LogP contribution in [0, 0.1) is 0 Å². The highest BCUT2D eigenvalue weighted by molar-refractivity contribution is 5.64. The summed E-state index contributed by atoms with van der Waals surface area (Å²) in [6.45, 7) is 10.6. The fraction of sp³-hybridized carbons (Fsp3) is 0.467. The summed E-state index contributed by atoms with van der Waals surface area (Å²) in [6.07, 6.45) is 4.08. The second-order valence-electron chi connectivity index (χ2n) is 4.20. The van der Waals surface area contributed by atoms with Crippen LogP contribution in [0.1, 0.15) is 45.6 Å². The van der Waals surface area contributed by atoms with Gasteiger partial charge in [0.05, 0.1) is 0 Å². The molecule has 0 radical (unpaired) electrons. The van der Waals surface area contributed by atoms with Crippen molar-refractivity contribution in [2.75, 3.05) is 6.79 Å². The molecule has 2 heteroatoms. The first-order valence-corrected chi connectivity index (χ1v) is 6.24. The Bertz CT molecular complexity index is 367. The average molecular weight is 234 g/mol. The van der Waals surface area contributed by atoms with Crippen molar-refractivity contribution in [3.05, 3.63) is 30.3 Å². The Hall–Kier alpha value is -1.44. The third kappa shape index (κ3) is 4.14. The van der Waals surface area contributed by atoms with Gasteiger partial charge < -0.3 is 9.47 Å². The van der Waals surface area contributed by atoms with E-state index in [4.69, 9.17) is 9.47 Å². The minimum Gasteiger partial charge on any atom is -0.454 e. The van der Waals surface area contributed by atoms with Crippen LogP contribution >= 0.6 is 0 Å². The highest BCUT2D eigenvalue weighted by atomic mass is 16.7. The van der Waals surface area contributed by atoms with Gasteiger partial charge in [0, 0.05) is 0 Å². The molecule has 1 aromatic rings. The summed E-state index contributed by atoms with van der Waals surface area (Å²) in [5.41, 5.74) is 2.13. The number of allylic oxidation sites excluding steroid dienone is 1. The maximum atomic E-state index is 5.23. The maximum Gasteiger partial charge on any atom is 0.231 e. The summed E-state index contributed by atoms with van der Waals surface area (Å²) in [7, 11) is 0. The first-order valence-electron chi connectivity index (χ1n) is 6.24. The van der Waals surface area contributed by atoms with E-state index < -0.39 is 0 Å². The second kappa shape index (κ2) is 7.00. The molecule has 1 aliphatic heterocycles. The minimum absolute atomic E-state index is 0.328. The van der Waals surface area contributed by atoms with Crippen LogP contribution in [-0.4, -0.2) is 6.79 Å². The average Bonchev–Trinajstić information content (AvgIpc) is 2.77. The van der Waals surface area contributed by atoms with E-state index >= 15 is 0 Å². The van der Waals surface area contributed by atoms with Crippen LogP contribution in [0.4, 0.5) is 0 Å². The second-order valence-corrected chi connectivity index (χ2v) is 4.20. The van der Waals surface area contributed by atoms with Gasteiger partial charge in [0.15, 0.2) is 11.5 Å². The lowest BCUT2D eigenvalue weighted by Crippen LogP contribution is -1.92. The number of hydrogen-bond acceptors (Lipinski definition) is 2. The Labute approximate surface area is 104 Å². The number of rotatable bonds is 3. The van der Waals surface area contributed by atoms with Crippen LogP contribution in [0.5, 0.6) is 11.5 Å². The zero-order valence-electron chi connectivity index (χ0n) is 11.1. The van der Waals surface area contributed by atoms with Crippen LogP contribution in [0.25, 0.3) is 5.57 Å². The summed E-state index contributed by atoms with van der Waals surface area (Å²) in [5, 5.41) is 0. The van der Waals surface area contributed by atoms with Crippen LogP contribution in [0.2, 0.25) is 0 Å². The predicted molar refractivity (Wildman–Crippen MR) is 72.5 cm³/mol. The molecular formula is C15H22O2. The molecule has 0 aromatic heterocycles. The molecule has 0 unspecified atom stereocenters. The molecule has 17 heavy (non-hydrogen) atoms.